The Labute approximate surface area is 101 Å². The predicted molar refractivity (Wildman–Crippen MR) is 67.2 cm³/mol. The van der Waals surface area contributed by atoms with Gasteiger partial charge in [0, 0.05) is 25.3 Å². The van der Waals surface area contributed by atoms with Gasteiger partial charge in [-0.15, -0.1) is 0 Å². The molecule has 4 heteroatoms. The highest BCUT2D eigenvalue weighted by Crippen LogP contribution is 2.46. The summed E-state index contributed by atoms with van der Waals surface area (Å²) in [5.74, 6) is -0.319. The summed E-state index contributed by atoms with van der Waals surface area (Å²) in [5.41, 5.74) is 8.64. The minimum atomic E-state index is -0.319. The molecule has 0 bridgehead atoms. The van der Waals surface area contributed by atoms with Crippen molar-refractivity contribution in [2.24, 2.45) is 5.73 Å². The summed E-state index contributed by atoms with van der Waals surface area (Å²) in [7, 11) is 5.34. The number of rotatable bonds is 3. The SMILES string of the molecule is COC(=O)c1ccc(N(C)C)c(C2(N)CC2)c1. The van der Waals surface area contributed by atoms with Crippen LogP contribution >= 0.6 is 0 Å². The molecular weight excluding hydrogens is 216 g/mol. The molecule has 4 nitrogen and oxygen atoms in total. The second kappa shape index (κ2) is 4.04. The fourth-order valence-electron chi connectivity index (χ4n) is 1.97. The number of hydrogen-bond acceptors (Lipinski definition) is 4. The van der Waals surface area contributed by atoms with E-state index in [1.54, 1.807) is 6.07 Å². The lowest BCUT2D eigenvalue weighted by Gasteiger charge is -2.21. The van der Waals surface area contributed by atoms with Crippen molar-refractivity contribution in [1.82, 2.24) is 0 Å². The average molecular weight is 234 g/mol. The van der Waals surface area contributed by atoms with E-state index in [-0.39, 0.29) is 11.5 Å². The molecule has 1 aliphatic rings. The summed E-state index contributed by atoms with van der Waals surface area (Å²) in [5, 5.41) is 0. The van der Waals surface area contributed by atoms with Gasteiger partial charge >= 0.3 is 5.97 Å². The Morgan fingerprint density at radius 1 is 1.41 bits per heavy atom. The molecule has 0 atom stereocenters. The number of methoxy groups -OCH3 is 1. The van der Waals surface area contributed by atoms with Gasteiger partial charge in [-0.25, -0.2) is 4.79 Å². The molecule has 1 saturated carbocycles. The highest BCUT2D eigenvalue weighted by atomic mass is 16.5. The fourth-order valence-corrected chi connectivity index (χ4v) is 1.97. The molecule has 0 spiro atoms. The summed E-state index contributed by atoms with van der Waals surface area (Å²) < 4.78 is 4.73. The molecule has 92 valence electrons. The number of anilines is 1. The highest BCUT2D eigenvalue weighted by molar-refractivity contribution is 5.90. The smallest absolute Gasteiger partial charge is 0.337 e. The number of ether oxygens (including phenoxy) is 1. The maximum atomic E-state index is 11.5. The second-order valence-electron chi connectivity index (χ2n) is 4.77. The van der Waals surface area contributed by atoms with Crippen LogP contribution in [0.15, 0.2) is 18.2 Å². The van der Waals surface area contributed by atoms with Crippen molar-refractivity contribution < 1.29 is 9.53 Å². The first-order valence-electron chi connectivity index (χ1n) is 5.67. The van der Waals surface area contributed by atoms with Crippen LogP contribution in [0.4, 0.5) is 5.69 Å². The third-order valence-corrected chi connectivity index (χ3v) is 3.22. The van der Waals surface area contributed by atoms with Gasteiger partial charge in [0.25, 0.3) is 0 Å². The van der Waals surface area contributed by atoms with Crippen LogP contribution in [0.25, 0.3) is 0 Å². The number of hydrogen-bond donors (Lipinski definition) is 1. The van der Waals surface area contributed by atoms with E-state index in [1.807, 2.05) is 31.1 Å². The van der Waals surface area contributed by atoms with E-state index in [0.717, 1.165) is 24.1 Å². The van der Waals surface area contributed by atoms with Gasteiger partial charge in [0.2, 0.25) is 0 Å². The summed E-state index contributed by atoms with van der Waals surface area (Å²) in [6.07, 6.45) is 1.94. The van der Waals surface area contributed by atoms with Crippen LogP contribution in [0.2, 0.25) is 0 Å². The molecule has 0 saturated heterocycles. The molecule has 0 aliphatic heterocycles. The Hall–Kier alpha value is -1.55. The molecule has 0 heterocycles. The zero-order valence-electron chi connectivity index (χ0n) is 10.5. The molecular formula is C13H18N2O2. The number of esters is 1. The molecule has 0 unspecified atom stereocenters. The van der Waals surface area contributed by atoms with Crippen molar-refractivity contribution in [2.75, 3.05) is 26.1 Å². The van der Waals surface area contributed by atoms with Gasteiger partial charge in [-0.05, 0) is 36.6 Å². The topological polar surface area (TPSA) is 55.6 Å². The first kappa shape index (κ1) is 11.9. The van der Waals surface area contributed by atoms with Crippen LogP contribution in [0, 0.1) is 0 Å². The van der Waals surface area contributed by atoms with E-state index in [1.165, 1.54) is 7.11 Å². The fraction of sp³-hybridized carbons (Fsp3) is 0.462. The van der Waals surface area contributed by atoms with Gasteiger partial charge in [-0.2, -0.15) is 0 Å². The molecule has 1 aromatic rings. The van der Waals surface area contributed by atoms with Gasteiger partial charge in [-0.3, -0.25) is 0 Å². The van der Waals surface area contributed by atoms with Crippen LogP contribution in [0.5, 0.6) is 0 Å². The Morgan fingerprint density at radius 2 is 2.06 bits per heavy atom. The molecule has 0 amide bonds. The number of benzene rings is 1. The highest BCUT2D eigenvalue weighted by Gasteiger charge is 2.42. The maximum Gasteiger partial charge on any atom is 0.337 e. The third kappa shape index (κ3) is 2.13. The van der Waals surface area contributed by atoms with Crippen molar-refractivity contribution >= 4 is 11.7 Å². The monoisotopic (exact) mass is 234 g/mol. The van der Waals surface area contributed by atoms with E-state index in [2.05, 4.69) is 0 Å². The Kier molecular flexibility index (Phi) is 2.83. The van der Waals surface area contributed by atoms with E-state index in [4.69, 9.17) is 10.5 Å². The second-order valence-corrected chi connectivity index (χ2v) is 4.77. The lowest BCUT2D eigenvalue weighted by molar-refractivity contribution is 0.0600. The van der Waals surface area contributed by atoms with Crippen molar-refractivity contribution in [3.05, 3.63) is 29.3 Å². The molecule has 0 aromatic heterocycles. The Morgan fingerprint density at radius 3 is 2.53 bits per heavy atom. The predicted octanol–water partition coefficient (Wildman–Crippen LogP) is 1.49. The summed E-state index contributed by atoms with van der Waals surface area (Å²) in [6.45, 7) is 0. The molecule has 2 N–H and O–H groups in total. The Bertz CT molecular complexity index is 451. The van der Waals surface area contributed by atoms with Crippen molar-refractivity contribution in [3.8, 4) is 0 Å². The normalized spacial score (nSPS) is 16.5. The van der Waals surface area contributed by atoms with E-state index in [9.17, 15) is 4.79 Å². The van der Waals surface area contributed by atoms with Gasteiger partial charge in [0.1, 0.15) is 0 Å². The van der Waals surface area contributed by atoms with Gasteiger partial charge in [0.05, 0.1) is 12.7 Å². The maximum absolute atomic E-state index is 11.5. The van der Waals surface area contributed by atoms with E-state index in [0.29, 0.717) is 5.56 Å². The zero-order valence-corrected chi connectivity index (χ0v) is 10.5. The Balaban J connectivity index is 2.47. The number of carbonyl (C=O) groups is 1. The summed E-state index contributed by atoms with van der Waals surface area (Å²) in [4.78, 5) is 13.5. The van der Waals surface area contributed by atoms with Crippen LogP contribution in [0.1, 0.15) is 28.8 Å². The molecule has 1 aromatic carbocycles. The molecule has 0 radical (unpaired) electrons. The van der Waals surface area contributed by atoms with Crippen LogP contribution in [0.3, 0.4) is 0 Å². The standard InChI is InChI=1S/C13H18N2O2/c1-15(2)11-5-4-9(12(16)17-3)8-10(11)13(14)6-7-13/h4-5,8H,6-7,14H2,1-3H3. The van der Waals surface area contributed by atoms with Crippen molar-refractivity contribution in [1.29, 1.82) is 0 Å². The van der Waals surface area contributed by atoms with E-state index >= 15 is 0 Å². The lowest BCUT2D eigenvalue weighted by atomic mass is 10.00. The number of nitrogens with two attached hydrogens (primary N) is 1. The first-order chi connectivity index (χ1) is 7.98. The van der Waals surface area contributed by atoms with E-state index < -0.39 is 0 Å². The molecule has 17 heavy (non-hydrogen) atoms. The van der Waals surface area contributed by atoms with Crippen molar-refractivity contribution in [3.63, 3.8) is 0 Å². The minimum Gasteiger partial charge on any atom is -0.465 e. The number of nitrogens with zero attached hydrogens (tertiary/aromatic N) is 1. The third-order valence-electron chi connectivity index (χ3n) is 3.22. The average Bonchev–Trinajstić information content (AvgIpc) is 3.06. The number of carbonyl (C=O) groups excluding carboxylic acids is 1. The summed E-state index contributed by atoms with van der Waals surface area (Å²) >= 11 is 0. The van der Waals surface area contributed by atoms with Gasteiger partial charge in [0.15, 0.2) is 0 Å². The quantitative estimate of drug-likeness (QED) is 0.805. The van der Waals surface area contributed by atoms with Crippen LogP contribution < -0.4 is 10.6 Å². The molecule has 1 fully saturated rings. The first-order valence-corrected chi connectivity index (χ1v) is 5.67. The molecule has 1 aliphatic carbocycles. The van der Waals surface area contributed by atoms with Crippen molar-refractivity contribution in [2.45, 2.75) is 18.4 Å². The van der Waals surface area contributed by atoms with Crippen LogP contribution in [-0.4, -0.2) is 27.2 Å². The minimum absolute atomic E-state index is 0.260. The summed E-state index contributed by atoms with van der Waals surface area (Å²) in [6, 6.07) is 5.55. The molecule has 2 rings (SSSR count). The lowest BCUT2D eigenvalue weighted by Crippen LogP contribution is -2.24. The van der Waals surface area contributed by atoms with Gasteiger partial charge in [-0.1, -0.05) is 0 Å². The van der Waals surface area contributed by atoms with Gasteiger partial charge < -0.3 is 15.4 Å². The zero-order chi connectivity index (χ0) is 12.6. The largest absolute Gasteiger partial charge is 0.465 e. The van der Waals surface area contributed by atoms with Crippen LogP contribution in [-0.2, 0) is 10.3 Å².